The van der Waals surface area contributed by atoms with E-state index in [4.69, 9.17) is 14.2 Å². The van der Waals surface area contributed by atoms with Crippen molar-refractivity contribution in [2.24, 2.45) is 0 Å². The Kier molecular flexibility index (Phi) is 7.35. The summed E-state index contributed by atoms with van der Waals surface area (Å²) >= 11 is 0. The number of phenols is 1. The Bertz CT molecular complexity index is 965. The summed E-state index contributed by atoms with van der Waals surface area (Å²) in [5, 5.41) is 10.8. The van der Waals surface area contributed by atoms with E-state index in [-0.39, 0.29) is 36.1 Å². The standard InChI is InChI=1S/C24H30N2O6/c1-14-12-26(13-15(2)32-14)23(29)10-19(20-7-6-17(11-25-20)16(3)27)24-21(28)8-18(30-4)9-22(24)31-5/h6-9,11,14-15,19,28H,10,12-13H2,1-5H3. The number of morpholine rings is 1. The van der Waals surface area contributed by atoms with E-state index in [0.717, 1.165) is 0 Å². The topological polar surface area (TPSA) is 98.2 Å². The molecule has 1 aromatic heterocycles. The number of carbonyl (C=O) groups is 2. The van der Waals surface area contributed by atoms with Gasteiger partial charge in [-0.15, -0.1) is 0 Å². The number of aromatic nitrogens is 1. The van der Waals surface area contributed by atoms with E-state index in [1.54, 1.807) is 23.1 Å². The molecule has 1 aliphatic heterocycles. The number of amides is 1. The van der Waals surface area contributed by atoms with Crippen molar-refractivity contribution in [1.82, 2.24) is 9.88 Å². The van der Waals surface area contributed by atoms with Gasteiger partial charge in [0, 0.05) is 60.6 Å². The van der Waals surface area contributed by atoms with Gasteiger partial charge in [0.25, 0.3) is 0 Å². The Morgan fingerprint density at radius 2 is 1.88 bits per heavy atom. The molecule has 1 saturated heterocycles. The molecule has 0 spiro atoms. The number of methoxy groups -OCH3 is 2. The minimum atomic E-state index is -0.585. The lowest BCUT2D eigenvalue weighted by Crippen LogP contribution is -2.48. The zero-order valence-corrected chi connectivity index (χ0v) is 19.1. The zero-order chi connectivity index (χ0) is 23.4. The summed E-state index contributed by atoms with van der Waals surface area (Å²) in [5.41, 5.74) is 1.47. The van der Waals surface area contributed by atoms with Crippen LogP contribution in [0.3, 0.4) is 0 Å². The first kappa shape index (κ1) is 23.5. The fourth-order valence-corrected chi connectivity index (χ4v) is 4.08. The molecule has 1 N–H and O–H groups in total. The first-order valence-electron chi connectivity index (χ1n) is 10.6. The van der Waals surface area contributed by atoms with Crippen LogP contribution in [0, 0.1) is 0 Å². The molecule has 3 atom stereocenters. The molecule has 3 rings (SSSR count). The smallest absolute Gasteiger partial charge is 0.223 e. The number of phenolic OH excluding ortho intramolecular Hbond substituents is 1. The van der Waals surface area contributed by atoms with E-state index < -0.39 is 5.92 Å². The normalized spacial score (nSPS) is 19.3. The molecule has 1 aliphatic rings. The molecule has 3 unspecified atom stereocenters. The van der Waals surface area contributed by atoms with Crippen LogP contribution in [-0.2, 0) is 9.53 Å². The van der Waals surface area contributed by atoms with Crippen LogP contribution in [0.15, 0.2) is 30.5 Å². The molecule has 1 aromatic carbocycles. The fourth-order valence-electron chi connectivity index (χ4n) is 4.08. The SMILES string of the molecule is COc1cc(O)c(C(CC(=O)N2CC(C)OC(C)C2)c2ccc(C(C)=O)cn2)c(OC)c1. The lowest BCUT2D eigenvalue weighted by molar-refractivity contribution is -0.143. The van der Waals surface area contributed by atoms with Gasteiger partial charge in [0.15, 0.2) is 5.78 Å². The number of benzene rings is 1. The Morgan fingerprint density at radius 1 is 1.19 bits per heavy atom. The maximum atomic E-state index is 13.3. The molecular weight excluding hydrogens is 412 g/mol. The van der Waals surface area contributed by atoms with E-state index in [1.165, 1.54) is 33.4 Å². The number of carbonyl (C=O) groups excluding carboxylic acids is 2. The predicted molar refractivity (Wildman–Crippen MR) is 119 cm³/mol. The second kappa shape index (κ2) is 9.99. The molecule has 0 aliphatic carbocycles. The van der Waals surface area contributed by atoms with Gasteiger partial charge >= 0.3 is 0 Å². The fraction of sp³-hybridized carbons (Fsp3) is 0.458. The summed E-state index contributed by atoms with van der Waals surface area (Å²) < 4.78 is 16.5. The Morgan fingerprint density at radius 3 is 2.41 bits per heavy atom. The molecule has 32 heavy (non-hydrogen) atoms. The van der Waals surface area contributed by atoms with E-state index in [1.807, 2.05) is 13.8 Å². The number of aromatic hydroxyl groups is 1. The number of Topliss-reactive ketones (excluding diaryl/α,β-unsaturated/α-hetero) is 1. The van der Waals surface area contributed by atoms with Crippen LogP contribution in [-0.4, -0.2) is 66.2 Å². The number of nitrogens with zero attached hydrogens (tertiary/aromatic N) is 2. The highest BCUT2D eigenvalue weighted by molar-refractivity contribution is 5.93. The predicted octanol–water partition coefficient (Wildman–Crippen LogP) is 3.16. The maximum absolute atomic E-state index is 13.3. The minimum Gasteiger partial charge on any atom is -0.507 e. The lowest BCUT2D eigenvalue weighted by Gasteiger charge is -2.36. The van der Waals surface area contributed by atoms with Gasteiger partial charge in [0.2, 0.25) is 5.91 Å². The van der Waals surface area contributed by atoms with Crippen molar-refractivity contribution >= 4 is 11.7 Å². The zero-order valence-electron chi connectivity index (χ0n) is 19.1. The van der Waals surface area contributed by atoms with E-state index in [0.29, 0.717) is 41.4 Å². The van der Waals surface area contributed by atoms with Crippen LogP contribution in [0.4, 0.5) is 0 Å². The third kappa shape index (κ3) is 5.19. The molecule has 8 heteroatoms. The number of hydrogen-bond acceptors (Lipinski definition) is 7. The molecular formula is C24H30N2O6. The van der Waals surface area contributed by atoms with Gasteiger partial charge in [0.1, 0.15) is 17.2 Å². The quantitative estimate of drug-likeness (QED) is 0.658. The Labute approximate surface area is 188 Å². The summed E-state index contributed by atoms with van der Waals surface area (Å²) in [4.78, 5) is 31.2. The largest absolute Gasteiger partial charge is 0.507 e. The molecule has 2 aromatic rings. The summed E-state index contributed by atoms with van der Waals surface area (Å²) in [6.45, 7) is 6.34. The maximum Gasteiger partial charge on any atom is 0.223 e. The molecule has 0 saturated carbocycles. The van der Waals surface area contributed by atoms with Gasteiger partial charge in [-0.2, -0.15) is 0 Å². The average Bonchev–Trinajstić information content (AvgIpc) is 2.76. The van der Waals surface area contributed by atoms with Crippen molar-refractivity contribution in [3.8, 4) is 17.2 Å². The number of ether oxygens (including phenoxy) is 3. The molecule has 1 amide bonds. The highest BCUT2D eigenvalue weighted by atomic mass is 16.5. The van der Waals surface area contributed by atoms with Crippen LogP contribution in [0.1, 0.15) is 54.7 Å². The Balaban J connectivity index is 2.02. The number of hydrogen-bond donors (Lipinski definition) is 1. The van der Waals surface area contributed by atoms with Gasteiger partial charge in [0.05, 0.1) is 26.4 Å². The highest BCUT2D eigenvalue weighted by Gasteiger charge is 2.31. The van der Waals surface area contributed by atoms with Crippen molar-refractivity contribution in [2.75, 3.05) is 27.3 Å². The summed E-state index contributed by atoms with van der Waals surface area (Å²) in [7, 11) is 2.99. The first-order chi connectivity index (χ1) is 15.2. The van der Waals surface area contributed by atoms with E-state index in [2.05, 4.69) is 4.98 Å². The van der Waals surface area contributed by atoms with Crippen LogP contribution < -0.4 is 9.47 Å². The third-order valence-corrected chi connectivity index (χ3v) is 5.60. The molecule has 0 bridgehead atoms. The van der Waals surface area contributed by atoms with Crippen molar-refractivity contribution in [3.05, 3.63) is 47.3 Å². The van der Waals surface area contributed by atoms with Crippen molar-refractivity contribution in [1.29, 1.82) is 0 Å². The van der Waals surface area contributed by atoms with E-state index >= 15 is 0 Å². The van der Waals surface area contributed by atoms with E-state index in [9.17, 15) is 14.7 Å². The molecule has 0 radical (unpaired) electrons. The number of ketones is 1. The van der Waals surface area contributed by atoms with Gasteiger partial charge in [-0.25, -0.2) is 0 Å². The van der Waals surface area contributed by atoms with Crippen molar-refractivity contribution in [2.45, 2.75) is 45.3 Å². The number of pyridine rings is 1. The van der Waals surface area contributed by atoms with Gasteiger partial charge in [-0.05, 0) is 32.9 Å². The minimum absolute atomic E-state index is 0.0554. The molecule has 1 fully saturated rings. The second-order valence-corrected chi connectivity index (χ2v) is 8.10. The van der Waals surface area contributed by atoms with Crippen LogP contribution in [0.25, 0.3) is 0 Å². The summed E-state index contributed by atoms with van der Waals surface area (Å²) in [6.07, 6.45) is 1.44. The lowest BCUT2D eigenvalue weighted by atomic mass is 9.89. The summed E-state index contributed by atoms with van der Waals surface area (Å²) in [5.74, 6) is 0.00670. The van der Waals surface area contributed by atoms with Crippen LogP contribution in [0.2, 0.25) is 0 Å². The number of rotatable bonds is 7. The van der Waals surface area contributed by atoms with Crippen molar-refractivity contribution in [3.63, 3.8) is 0 Å². The molecule has 172 valence electrons. The average molecular weight is 443 g/mol. The molecule has 8 nitrogen and oxygen atoms in total. The molecule has 2 heterocycles. The van der Waals surface area contributed by atoms with Crippen molar-refractivity contribution < 1.29 is 28.9 Å². The van der Waals surface area contributed by atoms with Crippen LogP contribution in [0.5, 0.6) is 17.2 Å². The third-order valence-electron chi connectivity index (χ3n) is 5.60. The summed E-state index contributed by atoms with van der Waals surface area (Å²) in [6, 6.07) is 6.53. The first-order valence-corrected chi connectivity index (χ1v) is 10.6. The van der Waals surface area contributed by atoms with Gasteiger partial charge < -0.3 is 24.2 Å². The van der Waals surface area contributed by atoms with Crippen LogP contribution >= 0.6 is 0 Å². The highest BCUT2D eigenvalue weighted by Crippen LogP contribution is 2.42. The van der Waals surface area contributed by atoms with Gasteiger partial charge in [-0.3, -0.25) is 14.6 Å². The second-order valence-electron chi connectivity index (χ2n) is 8.10. The Hall–Kier alpha value is -3.13. The monoisotopic (exact) mass is 442 g/mol. The van der Waals surface area contributed by atoms with Gasteiger partial charge in [-0.1, -0.05) is 0 Å².